The summed E-state index contributed by atoms with van der Waals surface area (Å²) in [4.78, 5) is 27.7. The number of carbonyl (C=O) groups excluding carboxylic acids is 2. The monoisotopic (exact) mass is 367 g/mol. The van der Waals surface area contributed by atoms with E-state index in [4.69, 9.17) is 9.47 Å². The first-order valence-electron chi connectivity index (χ1n) is 9.15. The summed E-state index contributed by atoms with van der Waals surface area (Å²) in [5, 5.41) is 0. The molecule has 0 aromatic heterocycles. The number of carbonyl (C=O) groups is 2. The summed E-state index contributed by atoms with van der Waals surface area (Å²) < 4.78 is 10.9. The van der Waals surface area contributed by atoms with Gasteiger partial charge in [-0.2, -0.15) is 0 Å². The number of hydrogen-bond donors (Lipinski definition) is 1. The molecule has 0 spiro atoms. The summed E-state index contributed by atoms with van der Waals surface area (Å²) in [5.74, 6) is 0.700. The first-order valence-corrected chi connectivity index (χ1v) is 9.15. The summed E-state index contributed by atoms with van der Waals surface area (Å²) in [7, 11) is 3.29. The van der Waals surface area contributed by atoms with Crippen molar-refractivity contribution in [3.8, 4) is 11.5 Å². The van der Waals surface area contributed by atoms with E-state index < -0.39 is 11.7 Å². The average Bonchev–Trinajstić information content (AvgIpc) is 3.26. The highest BCUT2D eigenvalue weighted by molar-refractivity contribution is 6.52. The molecule has 2 aromatic rings. The van der Waals surface area contributed by atoms with Crippen LogP contribution >= 0.6 is 0 Å². The van der Waals surface area contributed by atoms with Crippen LogP contribution in [0.2, 0.25) is 0 Å². The van der Waals surface area contributed by atoms with Crippen molar-refractivity contribution in [1.82, 2.24) is 0 Å². The number of amides is 1. The topological polar surface area (TPSA) is 60.3 Å². The second-order valence-electron chi connectivity index (χ2n) is 6.95. The Hall–Kier alpha value is -2.86. The molecule has 6 heteroatoms. The van der Waals surface area contributed by atoms with Gasteiger partial charge < -0.3 is 14.4 Å². The van der Waals surface area contributed by atoms with Crippen LogP contribution in [0.15, 0.2) is 42.5 Å². The number of nitrogens with one attached hydrogen (secondary N) is 1. The van der Waals surface area contributed by atoms with Crippen molar-refractivity contribution >= 4 is 17.4 Å². The Morgan fingerprint density at radius 2 is 1.93 bits per heavy atom. The van der Waals surface area contributed by atoms with E-state index in [0.717, 1.165) is 36.4 Å². The standard InChI is InChI=1S/C21H22N2O4/c1-26-14-9-10-15(19(12-14)27-2)17-8-5-11-22(17)13-23-18-7-4-3-6-16(18)20(24)21(23)25/h3-4,6-7,9-10,12,17H,5,8,11,13H2,1-2H3/p+1/t17-/m0/s1. The Morgan fingerprint density at radius 3 is 2.70 bits per heavy atom. The number of Topliss-reactive ketones (excluding diaryl/α,β-unsaturated/α-hetero) is 1. The molecule has 2 aromatic carbocycles. The van der Waals surface area contributed by atoms with Gasteiger partial charge in [0.1, 0.15) is 17.5 Å². The van der Waals surface area contributed by atoms with Crippen molar-refractivity contribution in [3.05, 3.63) is 53.6 Å². The van der Waals surface area contributed by atoms with Gasteiger partial charge >= 0.3 is 5.91 Å². The Kier molecular flexibility index (Phi) is 4.58. The Bertz CT molecular complexity index is 896. The number of benzene rings is 2. The van der Waals surface area contributed by atoms with Gasteiger partial charge in [-0.15, -0.1) is 0 Å². The minimum absolute atomic E-state index is 0.210. The maximum atomic E-state index is 12.5. The van der Waals surface area contributed by atoms with Crippen molar-refractivity contribution < 1.29 is 24.0 Å². The smallest absolute Gasteiger partial charge is 0.303 e. The van der Waals surface area contributed by atoms with E-state index in [1.165, 1.54) is 4.90 Å². The molecule has 4 rings (SSSR count). The van der Waals surface area contributed by atoms with Crippen molar-refractivity contribution in [2.75, 3.05) is 32.3 Å². The Morgan fingerprint density at radius 1 is 1.11 bits per heavy atom. The van der Waals surface area contributed by atoms with Gasteiger partial charge in [-0.3, -0.25) is 14.5 Å². The lowest BCUT2D eigenvalue weighted by atomic mass is 10.0. The van der Waals surface area contributed by atoms with Crippen LogP contribution in [-0.4, -0.2) is 39.1 Å². The van der Waals surface area contributed by atoms with Crippen LogP contribution in [0.5, 0.6) is 11.5 Å². The van der Waals surface area contributed by atoms with E-state index >= 15 is 0 Å². The number of quaternary nitrogens is 1. The molecule has 1 fully saturated rings. The predicted octanol–water partition coefficient (Wildman–Crippen LogP) is 1.61. The molecule has 2 atom stereocenters. The lowest BCUT2D eigenvalue weighted by Gasteiger charge is -2.27. The SMILES string of the molecule is COc1ccc([C@@H]2CCC[NH+]2CN2C(=O)C(=O)c3ccccc32)c(OC)c1. The van der Waals surface area contributed by atoms with E-state index in [-0.39, 0.29) is 6.04 Å². The molecular weight excluding hydrogens is 344 g/mol. The molecule has 1 unspecified atom stereocenters. The number of anilines is 1. The summed E-state index contributed by atoms with van der Waals surface area (Å²) in [5.41, 5.74) is 2.32. The lowest BCUT2D eigenvalue weighted by Crippen LogP contribution is -3.12. The van der Waals surface area contributed by atoms with Gasteiger partial charge in [0, 0.05) is 18.9 Å². The first-order chi connectivity index (χ1) is 13.1. The molecule has 0 radical (unpaired) electrons. The largest absolute Gasteiger partial charge is 0.497 e. The summed E-state index contributed by atoms with van der Waals surface area (Å²) in [6, 6.07) is 13.3. The van der Waals surface area contributed by atoms with Crippen LogP contribution in [0, 0.1) is 0 Å². The van der Waals surface area contributed by atoms with E-state index in [1.807, 2.05) is 30.3 Å². The normalized spacial score (nSPS) is 21.5. The summed E-state index contributed by atoms with van der Waals surface area (Å²) in [6.07, 6.45) is 2.07. The molecule has 6 nitrogen and oxygen atoms in total. The number of hydrogen-bond acceptors (Lipinski definition) is 4. The van der Waals surface area contributed by atoms with Gasteiger partial charge in [0.15, 0.2) is 6.67 Å². The Balaban J connectivity index is 1.62. The van der Waals surface area contributed by atoms with E-state index in [9.17, 15) is 9.59 Å². The number of fused-ring (bicyclic) bond motifs is 1. The van der Waals surface area contributed by atoms with Crippen molar-refractivity contribution in [3.63, 3.8) is 0 Å². The van der Waals surface area contributed by atoms with Crippen LogP contribution in [0.3, 0.4) is 0 Å². The number of rotatable bonds is 5. The predicted molar refractivity (Wildman–Crippen MR) is 100 cm³/mol. The molecule has 0 saturated carbocycles. The van der Waals surface area contributed by atoms with Crippen LogP contribution in [0.1, 0.15) is 34.8 Å². The molecule has 1 amide bonds. The summed E-state index contributed by atoms with van der Waals surface area (Å²) in [6.45, 7) is 1.42. The molecule has 27 heavy (non-hydrogen) atoms. The number of methoxy groups -OCH3 is 2. The van der Waals surface area contributed by atoms with E-state index in [1.54, 1.807) is 31.3 Å². The third kappa shape index (κ3) is 2.96. The zero-order valence-electron chi connectivity index (χ0n) is 15.5. The minimum atomic E-state index is -0.434. The van der Waals surface area contributed by atoms with E-state index in [2.05, 4.69) is 0 Å². The molecule has 1 saturated heterocycles. The van der Waals surface area contributed by atoms with Crippen LogP contribution in [-0.2, 0) is 4.79 Å². The fourth-order valence-electron chi connectivity index (χ4n) is 4.19. The maximum Gasteiger partial charge on any atom is 0.303 e. The number of para-hydroxylation sites is 1. The average molecular weight is 367 g/mol. The highest BCUT2D eigenvalue weighted by Gasteiger charge is 2.41. The fraction of sp³-hybridized carbons (Fsp3) is 0.333. The third-order valence-electron chi connectivity index (χ3n) is 5.54. The fourth-order valence-corrected chi connectivity index (χ4v) is 4.19. The van der Waals surface area contributed by atoms with Gasteiger partial charge in [0.25, 0.3) is 5.78 Å². The number of nitrogens with zero attached hydrogens (tertiary/aromatic N) is 1. The van der Waals surface area contributed by atoms with Crippen molar-refractivity contribution in [2.45, 2.75) is 18.9 Å². The quantitative estimate of drug-likeness (QED) is 0.816. The number of likely N-dealkylation sites (tertiary alicyclic amines) is 1. The van der Waals surface area contributed by atoms with Gasteiger partial charge in [0.05, 0.1) is 37.6 Å². The van der Waals surface area contributed by atoms with Gasteiger partial charge in [-0.1, -0.05) is 12.1 Å². The van der Waals surface area contributed by atoms with Crippen LogP contribution in [0.4, 0.5) is 5.69 Å². The molecule has 2 aliphatic rings. The van der Waals surface area contributed by atoms with Crippen molar-refractivity contribution in [2.24, 2.45) is 0 Å². The lowest BCUT2D eigenvalue weighted by molar-refractivity contribution is -0.917. The second-order valence-corrected chi connectivity index (χ2v) is 6.95. The van der Waals surface area contributed by atoms with Crippen LogP contribution < -0.4 is 19.3 Å². The van der Waals surface area contributed by atoms with Crippen molar-refractivity contribution in [1.29, 1.82) is 0 Å². The molecule has 2 aliphatic heterocycles. The van der Waals surface area contributed by atoms with Gasteiger partial charge in [-0.25, -0.2) is 0 Å². The molecule has 1 N–H and O–H groups in total. The Labute approximate surface area is 158 Å². The van der Waals surface area contributed by atoms with Gasteiger partial charge in [0.2, 0.25) is 0 Å². The second kappa shape index (κ2) is 7.04. The zero-order valence-corrected chi connectivity index (χ0v) is 15.5. The molecular formula is C21H23N2O4+. The molecule has 0 aliphatic carbocycles. The highest BCUT2D eigenvalue weighted by atomic mass is 16.5. The number of ketones is 1. The first kappa shape index (κ1) is 17.5. The zero-order chi connectivity index (χ0) is 19.0. The molecule has 0 bridgehead atoms. The number of ether oxygens (including phenoxy) is 2. The van der Waals surface area contributed by atoms with Gasteiger partial charge in [-0.05, 0) is 24.3 Å². The summed E-state index contributed by atoms with van der Waals surface area (Å²) >= 11 is 0. The van der Waals surface area contributed by atoms with Crippen LogP contribution in [0.25, 0.3) is 0 Å². The molecule has 2 heterocycles. The minimum Gasteiger partial charge on any atom is -0.497 e. The molecule has 140 valence electrons. The maximum absolute atomic E-state index is 12.5. The van der Waals surface area contributed by atoms with E-state index in [0.29, 0.717) is 17.9 Å². The highest BCUT2D eigenvalue weighted by Crippen LogP contribution is 2.32. The third-order valence-corrected chi connectivity index (χ3v) is 5.54.